The van der Waals surface area contributed by atoms with Crippen LogP contribution in [0.2, 0.25) is 0 Å². The van der Waals surface area contributed by atoms with E-state index in [1.54, 1.807) is 0 Å². The Labute approximate surface area is 145 Å². The number of nitrogens with one attached hydrogen (secondary N) is 1. The average Bonchev–Trinajstić information content (AvgIpc) is 2.54. The molecular formula is C20H31FN2O. The van der Waals surface area contributed by atoms with E-state index in [4.69, 9.17) is 0 Å². The number of likely N-dealkylation sites (tertiary alicyclic amines) is 1. The van der Waals surface area contributed by atoms with Gasteiger partial charge in [-0.05, 0) is 48.9 Å². The number of carbonyl (C=O) groups is 1. The maximum atomic E-state index is 13.0. The predicted molar refractivity (Wildman–Crippen MR) is 96.0 cm³/mol. The third-order valence-electron chi connectivity index (χ3n) is 4.94. The molecule has 0 bridgehead atoms. The number of carbonyl (C=O) groups excluding carboxylic acids is 1. The van der Waals surface area contributed by atoms with E-state index < -0.39 is 0 Å². The molecule has 0 saturated carbocycles. The largest absolute Gasteiger partial charge is 0.353 e. The van der Waals surface area contributed by atoms with Gasteiger partial charge in [-0.1, -0.05) is 39.8 Å². The molecule has 1 amide bonds. The molecule has 1 unspecified atom stereocenters. The maximum Gasteiger partial charge on any atom is 0.224 e. The zero-order valence-electron chi connectivity index (χ0n) is 15.4. The molecule has 134 valence electrons. The highest BCUT2D eigenvalue weighted by atomic mass is 19.1. The van der Waals surface area contributed by atoms with Crippen molar-refractivity contribution >= 4 is 5.91 Å². The average molecular weight is 334 g/mol. The van der Waals surface area contributed by atoms with Crippen LogP contribution in [-0.4, -0.2) is 29.9 Å². The molecule has 4 heteroatoms. The van der Waals surface area contributed by atoms with Gasteiger partial charge in [-0.2, -0.15) is 0 Å². The SMILES string of the molecule is CC(C)C(NC(=O)C1CCCN(Cc2ccc(F)cc2)C1)C(C)C. The second kappa shape index (κ2) is 8.61. The Morgan fingerprint density at radius 1 is 1.21 bits per heavy atom. The Kier molecular flexibility index (Phi) is 6.79. The van der Waals surface area contributed by atoms with E-state index in [1.165, 1.54) is 12.1 Å². The van der Waals surface area contributed by atoms with Crippen molar-refractivity contribution in [2.45, 2.75) is 53.1 Å². The van der Waals surface area contributed by atoms with Gasteiger partial charge < -0.3 is 5.32 Å². The summed E-state index contributed by atoms with van der Waals surface area (Å²) in [5, 5.41) is 3.26. The van der Waals surface area contributed by atoms with Crippen LogP contribution in [0, 0.1) is 23.6 Å². The fraction of sp³-hybridized carbons (Fsp3) is 0.650. The van der Waals surface area contributed by atoms with Crippen molar-refractivity contribution < 1.29 is 9.18 Å². The van der Waals surface area contributed by atoms with Crippen LogP contribution in [-0.2, 0) is 11.3 Å². The number of rotatable bonds is 6. The summed E-state index contributed by atoms with van der Waals surface area (Å²) in [6.07, 6.45) is 1.99. The van der Waals surface area contributed by atoms with Gasteiger partial charge in [0.1, 0.15) is 5.82 Å². The summed E-state index contributed by atoms with van der Waals surface area (Å²) in [5.74, 6) is 0.911. The first-order chi connectivity index (χ1) is 11.4. The molecule has 0 aromatic heterocycles. The molecule has 1 aromatic rings. The number of nitrogens with zero attached hydrogens (tertiary/aromatic N) is 1. The van der Waals surface area contributed by atoms with E-state index in [0.717, 1.165) is 38.0 Å². The van der Waals surface area contributed by atoms with Crippen LogP contribution >= 0.6 is 0 Å². The zero-order chi connectivity index (χ0) is 17.7. The molecule has 3 nitrogen and oxygen atoms in total. The first kappa shape index (κ1) is 18.9. The Morgan fingerprint density at radius 3 is 2.42 bits per heavy atom. The van der Waals surface area contributed by atoms with E-state index in [-0.39, 0.29) is 23.7 Å². The fourth-order valence-electron chi connectivity index (χ4n) is 3.65. The Hall–Kier alpha value is -1.42. The second-order valence-corrected chi connectivity index (χ2v) is 7.72. The number of piperidine rings is 1. The smallest absolute Gasteiger partial charge is 0.224 e. The highest BCUT2D eigenvalue weighted by Crippen LogP contribution is 2.20. The number of benzene rings is 1. The maximum absolute atomic E-state index is 13.0. The molecule has 1 aromatic carbocycles. The molecule has 1 atom stereocenters. The summed E-state index contributed by atoms with van der Waals surface area (Å²) in [5.41, 5.74) is 1.10. The number of amides is 1. The van der Waals surface area contributed by atoms with Crippen molar-refractivity contribution in [3.05, 3.63) is 35.6 Å². The van der Waals surface area contributed by atoms with Gasteiger partial charge in [-0.15, -0.1) is 0 Å². The minimum Gasteiger partial charge on any atom is -0.353 e. The monoisotopic (exact) mass is 334 g/mol. The lowest BCUT2D eigenvalue weighted by molar-refractivity contribution is -0.128. The van der Waals surface area contributed by atoms with Crippen molar-refractivity contribution in [1.82, 2.24) is 10.2 Å². The topological polar surface area (TPSA) is 32.3 Å². The highest BCUT2D eigenvalue weighted by molar-refractivity contribution is 5.79. The lowest BCUT2D eigenvalue weighted by Gasteiger charge is -2.34. The number of hydrogen-bond donors (Lipinski definition) is 1. The molecule has 2 rings (SSSR count). The molecule has 1 heterocycles. The van der Waals surface area contributed by atoms with Crippen LogP contribution in [0.3, 0.4) is 0 Å². The summed E-state index contributed by atoms with van der Waals surface area (Å²) < 4.78 is 13.0. The van der Waals surface area contributed by atoms with Gasteiger partial charge in [0.2, 0.25) is 5.91 Å². The number of halogens is 1. The molecule has 1 saturated heterocycles. The van der Waals surface area contributed by atoms with Crippen LogP contribution < -0.4 is 5.32 Å². The van der Waals surface area contributed by atoms with E-state index in [1.807, 2.05) is 12.1 Å². The molecule has 1 N–H and O–H groups in total. The molecule has 1 aliphatic rings. The summed E-state index contributed by atoms with van der Waals surface area (Å²) in [4.78, 5) is 15.0. The van der Waals surface area contributed by atoms with Crippen LogP contribution in [0.25, 0.3) is 0 Å². The zero-order valence-corrected chi connectivity index (χ0v) is 15.4. The van der Waals surface area contributed by atoms with Crippen molar-refractivity contribution in [2.75, 3.05) is 13.1 Å². The van der Waals surface area contributed by atoms with Crippen molar-refractivity contribution in [3.8, 4) is 0 Å². The summed E-state index contributed by atoms with van der Waals surface area (Å²) in [7, 11) is 0. The van der Waals surface area contributed by atoms with Crippen molar-refractivity contribution in [2.24, 2.45) is 17.8 Å². The number of hydrogen-bond acceptors (Lipinski definition) is 2. The Bertz CT molecular complexity index is 519. The van der Waals surface area contributed by atoms with Gasteiger partial charge in [-0.25, -0.2) is 4.39 Å². The summed E-state index contributed by atoms with van der Waals surface area (Å²) in [6, 6.07) is 6.88. The lowest BCUT2D eigenvalue weighted by Crippen LogP contribution is -2.48. The van der Waals surface area contributed by atoms with E-state index in [9.17, 15) is 9.18 Å². The van der Waals surface area contributed by atoms with E-state index in [2.05, 4.69) is 37.9 Å². The third-order valence-corrected chi connectivity index (χ3v) is 4.94. The quantitative estimate of drug-likeness (QED) is 0.857. The second-order valence-electron chi connectivity index (χ2n) is 7.72. The van der Waals surface area contributed by atoms with Crippen LogP contribution in [0.15, 0.2) is 24.3 Å². The molecule has 1 fully saturated rings. The standard InChI is InChI=1S/C20H31FN2O/c1-14(2)19(15(3)4)22-20(24)17-6-5-11-23(13-17)12-16-7-9-18(21)10-8-16/h7-10,14-15,17,19H,5-6,11-13H2,1-4H3,(H,22,24). The van der Waals surface area contributed by atoms with Crippen molar-refractivity contribution in [1.29, 1.82) is 0 Å². The summed E-state index contributed by atoms with van der Waals surface area (Å²) in [6.45, 7) is 11.2. The highest BCUT2D eigenvalue weighted by Gasteiger charge is 2.28. The molecular weight excluding hydrogens is 303 g/mol. The fourth-order valence-corrected chi connectivity index (χ4v) is 3.65. The van der Waals surface area contributed by atoms with Gasteiger partial charge in [0, 0.05) is 19.1 Å². The third kappa shape index (κ3) is 5.30. The molecule has 0 aliphatic carbocycles. The molecule has 0 spiro atoms. The lowest BCUT2D eigenvalue weighted by atomic mass is 9.91. The summed E-state index contributed by atoms with van der Waals surface area (Å²) >= 11 is 0. The van der Waals surface area contributed by atoms with E-state index in [0.29, 0.717) is 11.8 Å². The Morgan fingerprint density at radius 2 is 1.83 bits per heavy atom. The van der Waals surface area contributed by atoms with Crippen LogP contribution in [0.5, 0.6) is 0 Å². The van der Waals surface area contributed by atoms with Gasteiger partial charge >= 0.3 is 0 Å². The van der Waals surface area contributed by atoms with Gasteiger partial charge in [-0.3, -0.25) is 9.69 Å². The molecule has 0 radical (unpaired) electrons. The van der Waals surface area contributed by atoms with Crippen LogP contribution in [0.1, 0.15) is 46.1 Å². The van der Waals surface area contributed by atoms with Gasteiger partial charge in [0.25, 0.3) is 0 Å². The minimum absolute atomic E-state index is 0.0548. The van der Waals surface area contributed by atoms with E-state index >= 15 is 0 Å². The van der Waals surface area contributed by atoms with Gasteiger partial charge in [0.05, 0.1) is 5.92 Å². The molecule has 1 aliphatic heterocycles. The first-order valence-electron chi connectivity index (χ1n) is 9.14. The first-order valence-corrected chi connectivity index (χ1v) is 9.14. The van der Waals surface area contributed by atoms with Crippen molar-refractivity contribution in [3.63, 3.8) is 0 Å². The minimum atomic E-state index is -0.205. The molecule has 24 heavy (non-hydrogen) atoms. The Balaban J connectivity index is 1.92. The van der Waals surface area contributed by atoms with Crippen LogP contribution in [0.4, 0.5) is 4.39 Å². The normalized spacial score (nSPS) is 19.2. The van der Waals surface area contributed by atoms with Gasteiger partial charge in [0.15, 0.2) is 0 Å². The predicted octanol–water partition coefficient (Wildman–Crippen LogP) is 3.83.